The maximum atomic E-state index is 12.8. The van der Waals surface area contributed by atoms with Gasteiger partial charge in [-0.2, -0.15) is 0 Å². The summed E-state index contributed by atoms with van der Waals surface area (Å²) in [5.41, 5.74) is 1.25. The fourth-order valence-electron chi connectivity index (χ4n) is 3.60. The average Bonchev–Trinajstić information content (AvgIpc) is 3.10. The summed E-state index contributed by atoms with van der Waals surface area (Å²) in [7, 11) is 1.60. The molecule has 1 aromatic heterocycles. The Balaban J connectivity index is 1.47. The van der Waals surface area contributed by atoms with Gasteiger partial charge in [0.05, 0.1) is 12.1 Å². The summed E-state index contributed by atoms with van der Waals surface area (Å²) in [6, 6.07) is 12.6. The van der Waals surface area contributed by atoms with Gasteiger partial charge in [0.1, 0.15) is 10.6 Å². The molecule has 3 aromatic rings. The Morgan fingerprint density at radius 2 is 1.83 bits per heavy atom. The van der Waals surface area contributed by atoms with E-state index in [-0.39, 0.29) is 11.8 Å². The number of amides is 2. The third kappa shape index (κ3) is 4.16. The molecule has 2 amide bonds. The van der Waals surface area contributed by atoms with Crippen LogP contribution in [0.4, 0.5) is 5.69 Å². The van der Waals surface area contributed by atoms with Gasteiger partial charge < -0.3 is 15.0 Å². The first kappa shape index (κ1) is 20.7. The molecular formula is C23H23ClN2O3S. The second-order valence-corrected chi connectivity index (χ2v) is 9.04. The number of fused-ring (bicyclic) bond motifs is 1. The third-order valence-electron chi connectivity index (χ3n) is 5.50. The van der Waals surface area contributed by atoms with Crippen LogP contribution in [0.15, 0.2) is 42.5 Å². The van der Waals surface area contributed by atoms with Gasteiger partial charge in [-0.15, -0.1) is 11.3 Å². The second kappa shape index (κ2) is 8.66. The maximum absolute atomic E-state index is 12.8. The van der Waals surface area contributed by atoms with Gasteiger partial charge in [-0.25, -0.2) is 0 Å². The van der Waals surface area contributed by atoms with Crippen molar-refractivity contribution in [3.05, 3.63) is 57.9 Å². The highest BCUT2D eigenvalue weighted by atomic mass is 35.5. The molecule has 2 aromatic carbocycles. The standard InChI is InChI=1S/C23H23ClN2O3S/c1-14-9-11-26(12-10-14)23(28)15-3-5-16(6-4-15)25-22(27)21-20(24)18-8-7-17(29-2)13-19(18)30-21/h3-8,13-14H,9-12H2,1-2H3,(H,25,27). The van der Waals surface area contributed by atoms with Gasteiger partial charge in [-0.3, -0.25) is 9.59 Å². The van der Waals surface area contributed by atoms with E-state index in [0.717, 1.165) is 41.8 Å². The van der Waals surface area contributed by atoms with Gasteiger partial charge in [-0.05, 0) is 61.2 Å². The Morgan fingerprint density at radius 3 is 2.50 bits per heavy atom. The van der Waals surface area contributed by atoms with Crippen LogP contribution in [0.1, 0.15) is 39.8 Å². The number of thiophene rings is 1. The Morgan fingerprint density at radius 1 is 1.13 bits per heavy atom. The number of nitrogens with zero attached hydrogens (tertiary/aromatic N) is 1. The topological polar surface area (TPSA) is 58.6 Å². The summed E-state index contributed by atoms with van der Waals surface area (Å²) in [5, 5.41) is 4.13. The first-order valence-corrected chi connectivity index (χ1v) is 11.1. The zero-order valence-electron chi connectivity index (χ0n) is 16.9. The molecule has 2 heterocycles. The average molecular weight is 443 g/mol. The van der Waals surface area contributed by atoms with Crippen LogP contribution in [-0.4, -0.2) is 36.9 Å². The van der Waals surface area contributed by atoms with Crippen molar-refractivity contribution in [1.29, 1.82) is 0 Å². The van der Waals surface area contributed by atoms with Crippen LogP contribution in [0.2, 0.25) is 5.02 Å². The largest absolute Gasteiger partial charge is 0.497 e. The molecule has 1 fully saturated rings. The van der Waals surface area contributed by atoms with Crippen molar-refractivity contribution in [3.63, 3.8) is 0 Å². The van der Waals surface area contributed by atoms with Crippen molar-refractivity contribution in [2.45, 2.75) is 19.8 Å². The minimum atomic E-state index is -0.274. The summed E-state index contributed by atoms with van der Waals surface area (Å²) < 4.78 is 6.13. The zero-order chi connectivity index (χ0) is 21.3. The Labute approximate surface area is 184 Å². The number of piperidine rings is 1. The number of carbonyl (C=O) groups excluding carboxylic acids is 2. The van der Waals surface area contributed by atoms with Gasteiger partial charge in [-0.1, -0.05) is 18.5 Å². The highest BCUT2D eigenvalue weighted by Gasteiger charge is 2.22. The molecule has 1 aliphatic heterocycles. The summed E-state index contributed by atoms with van der Waals surface area (Å²) in [5.74, 6) is 1.16. The highest BCUT2D eigenvalue weighted by Crippen LogP contribution is 2.37. The van der Waals surface area contributed by atoms with Crippen molar-refractivity contribution in [3.8, 4) is 5.75 Å². The molecule has 0 radical (unpaired) electrons. The number of hydrogen-bond donors (Lipinski definition) is 1. The number of carbonyl (C=O) groups is 2. The van der Waals surface area contributed by atoms with Crippen LogP contribution in [0, 0.1) is 5.92 Å². The van der Waals surface area contributed by atoms with E-state index in [1.807, 2.05) is 23.1 Å². The summed E-state index contributed by atoms with van der Waals surface area (Å²) in [6.07, 6.45) is 2.09. The molecule has 1 aliphatic rings. The number of benzene rings is 2. The molecule has 7 heteroatoms. The van der Waals surface area contributed by atoms with E-state index in [2.05, 4.69) is 12.2 Å². The number of halogens is 1. The van der Waals surface area contributed by atoms with E-state index in [0.29, 0.717) is 27.1 Å². The van der Waals surface area contributed by atoms with Crippen molar-refractivity contribution in [1.82, 2.24) is 4.90 Å². The molecule has 0 unspecified atom stereocenters. The second-order valence-electron chi connectivity index (χ2n) is 7.61. The molecule has 0 aliphatic carbocycles. The molecule has 0 atom stereocenters. The number of hydrogen-bond acceptors (Lipinski definition) is 4. The molecule has 0 spiro atoms. The van der Waals surface area contributed by atoms with Gasteiger partial charge in [0.15, 0.2) is 0 Å². The molecule has 0 bridgehead atoms. The predicted molar refractivity (Wildman–Crippen MR) is 122 cm³/mol. The van der Waals surface area contributed by atoms with Crippen molar-refractivity contribution in [2.24, 2.45) is 5.92 Å². The van der Waals surface area contributed by atoms with Crippen molar-refractivity contribution < 1.29 is 14.3 Å². The Kier molecular flexibility index (Phi) is 5.97. The normalized spacial score (nSPS) is 14.7. The number of ether oxygens (including phenoxy) is 1. The summed E-state index contributed by atoms with van der Waals surface area (Å²) in [4.78, 5) is 27.8. The van der Waals surface area contributed by atoms with Crippen molar-refractivity contribution in [2.75, 3.05) is 25.5 Å². The Bertz CT molecular complexity index is 1090. The van der Waals surface area contributed by atoms with E-state index < -0.39 is 0 Å². The zero-order valence-corrected chi connectivity index (χ0v) is 18.5. The quantitative estimate of drug-likeness (QED) is 0.564. The predicted octanol–water partition coefficient (Wildman–Crippen LogP) is 5.69. The van der Waals surface area contributed by atoms with Crippen LogP contribution in [0.3, 0.4) is 0 Å². The van der Waals surface area contributed by atoms with Crippen LogP contribution in [-0.2, 0) is 0 Å². The summed E-state index contributed by atoms with van der Waals surface area (Å²) in [6.45, 7) is 3.82. The van der Waals surface area contributed by atoms with E-state index >= 15 is 0 Å². The lowest BCUT2D eigenvalue weighted by molar-refractivity contribution is 0.0697. The minimum absolute atomic E-state index is 0.0428. The fraction of sp³-hybridized carbons (Fsp3) is 0.304. The minimum Gasteiger partial charge on any atom is -0.497 e. The molecular weight excluding hydrogens is 420 g/mol. The van der Waals surface area contributed by atoms with Gasteiger partial charge in [0.25, 0.3) is 11.8 Å². The van der Waals surface area contributed by atoms with Crippen LogP contribution >= 0.6 is 22.9 Å². The van der Waals surface area contributed by atoms with Gasteiger partial charge in [0, 0.05) is 34.4 Å². The Hall–Kier alpha value is -2.57. The van der Waals surface area contributed by atoms with E-state index in [1.54, 1.807) is 31.4 Å². The third-order valence-corrected chi connectivity index (χ3v) is 7.16. The number of likely N-dealkylation sites (tertiary alicyclic amines) is 1. The van der Waals surface area contributed by atoms with Crippen molar-refractivity contribution >= 4 is 50.5 Å². The first-order chi connectivity index (χ1) is 14.5. The number of rotatable bonds is 4. The van der Waals surface area contributed by atoms with Gasteiger partial charge in [0.2, 0.25) is 0 Å². The lowest BCUT2D eigenvalue weighted by Crippen LogP contribution is -2.37. The lowest BCUT2D eigenvalue weighted by Gasteiger charge is -2.30. The molecule has 5 nitrogen and oxygen atoms in total. The van der Waals surface area contributed by atoms with E-state index in [9.17, 15) is 9.59 Å². The molecule has 0 saturated carbocycles. The van der Waals surface area contributed by atoms with Crippen LogP contribution in [0.5, 0.6) is 5.75 Å². The number of anilines is 1. The van der Waals surface area contributed by atoms with Gasteiger partial charge >= 0.3 is 0 Å². The SMILES string of the molecule is COc1ccc2c(Cl)c(C(=O)Nc3ccc(C(=O)N4CCC(C)CC4)cc3)sc2c1. The number of nitrogens with one attached hydrogen (secondary N) is 1. The molecule has 1 saturated heterocycles. The molecule has 156 valence electrons. The molecule has 30 heavy (non-hydrogen) atoms. The maximum Gasteiger partial charge on any atom is 0.267 e. The smallest absolute Gasteiger partial charge is 0.267 e. The monoisotopic (exact) mass is 442 g/mol. The summed E-state index contributed by atoms with van der Waals surface area (Å²) >= 11 is 7.76. The molecule has 4 rings (SSSR count). The van der Waals surface area contributed by atoms with Crippen LogP contribution < -0.4 is 10.1 Å². The highest BCUT2D eigenvalue weighted by molar-refractivity contribution is 7.21. The molecule has 1 N–H and O–H groups in total. The lowest BCUT2D eigenvalue weighted by atomic mass is 9.98. The fourth-order valence-corrected chi connectivity index (χ4v) is 5.04. The number of methoxy groups -OCH3 is 1. The first-order valence-electron chi connectivity index (χ1n) is 9.93. The van der Waals surface area contributed by atoms with E-state index in [4.69, 9.17) is 16.3 Å². The van der Waals surface area contributed by atoms with Crippen LogP contribution in [0.25, 0.3) is 10.1 Å². The van der Waals surface area contributed by atoms with E-state index in [1.165, 1.54) is 11.3 Å².